The zero-order valence-corrected chi connectivity index (χ0v) is 16.7. The minimum Gasteiger partial charge on any atom is -0.457 e. The van der Waals surface area contributed by atoms with Crippen LogP contribution in [0.3, 0.4) is 0 Å². The van der Waals surface area contributed by atoms with E-state index in [1.165, 1.54) is 12.1 Å². The van der Waals surface area contributed by atoms with Crippen LogP contribution in [0, 0.1) is 11.2 Å². The first-order chi connectivity index (χ1) is 13.5. The standard InChI is InChI=1S/C22H23ClFN3O/c1-3-19(25)22-18(24)11-15(23)12-21(22)28-17-9-7-14(8-10-17)20-6-4-5-16(27-20)13-26-2/h5-12,25-27H,3-4,13H2,1-2H3. The molecule has 0 saturated carbocycles. The van der Waals surface area contributed by atoms with E-state index in [4.69, 9.17) is 21.7 Å². The first kappa shape index (κ1) is 20.1. The third kappa shape index (κ3) is 4.61. The minimum absolute atomic E-state index is 0.148. The third-order valence-electron chi connectivity index (χ3n) is 4.42. The summed E-state index contributed by atoms with van der Waals surface area (Å²) >= 11 is 5.99. The van der Waals surface area contributed by atoms with Gasteiger partial charge in [0, 0.05) is 34.7 Å². The van der Waals surface area contributed by atoms with Gasteiger partial charge in [0.05, 0.1) is 5.56 Å². The van der Waals surface area contributed by atoms with Gasteiger partial charge in [0.25, 0.3) is 0 Å². The highest BCUT2D eigenvalue weighted by atomic mass is 35.5. The van der Waals surface area contributed by atoms with Crippen molar-refractivity contribution in [2.24, 2.45) is 0 Å². The number of benzene rings is 2. The monoisotopic (exact) mass is 399 g/mol. The predicted octanol–water partition coefficient (Wildman–Crippen LogP) is 5.49. The maximum Gasteiger partial charge on any atom is 0.140 e. The maximum atomic E-state index is 14.3. The third-order valence-corrected chi connectivity index (χ3v) is 4.63. The summed E-state index contributed by atoms with van der Waals surface area (Å²) in [6.45, 7) is 2.58. The zero-order valence-electron chi connectivity index (χ0n) is 15.9. The van der Waals surface area contributed by atoms with Crippen LogP contribution in [0.15, 0.2) is 54.2 Å². The summed E-state index contributed by atoms with van der Waals surface area (Å²) in [4.78, 5) is 0. The van der Waals surface area contributed by atoms with Crippen molar-refractivity contribution in [3.8, 4) is 11.5 Å². The maximum absolute atomic E-state index is 14.3. The van der Waals surface area contributed by atoms with Crippen molar-refractivity contribution in [2.75, 3.05) is 13.6 Å². The van der Waals surface area contributed by atoms with Gasteiger partial charge in [-0.25, -0.2) is 4.39 Å². The van der Waals surface area contributed by atoms with Gasteiger partial charge in [0.15, 0.2) is 0 Å². The minimum atomic E-state index is -0.550. The van der Waals surface area contributed by atoms with Crippen LogP contribution in [-0.4, -0.2) is 19.3 Å². The fourth-order valence-corrected chi connectivity index (χ4v) is 3.22. The molecule has 2 aromatic carbocycles. The van der Waals surface area contributed by atoms with Crippen molar-refractivity contribution >= 4 is 23.0 Å². The highest BCUT2D eigenvalue weighted by Crippen LogP contribution is 2.32. The molecule has 1 heterocycles. The van der Waals surface area contributed by atoms with Crippen molar-refractivity contribution in [3.05, 3.63) is 76.2 Å². The summed E-state index contributed by atoms with van der Waals surface area (Å²) in [5.74, 6) is 0.253. The summed E-state index contributed by atoms with van der Waals surface area (Å²) in [7, 11) is 1.91. The zero-order chi connectivity index (χ0) is 20.1. The first-order valence-electron chi connectivity index (χ1n) is 9.17. The summed E-state index contributed by atoms with van der Waals surface area (Å²) in [6.07, 6.45) is 5.55. The smallest absolute Gasteiger partial charge is 0.140 e. The fourth-order valence-electron chi connectivity index (χ4n) is 3.02. The number of hydrogen-bond donors (Lipinski definition) is 3. The Bertz CT molecular complexity index is 936. The Morgan fingerprint density at radius 2 is 2.00 bits per heavy atom. The highest BCUT2D eigenvalue weighted by Gasteiger charge is 2.16. The van der Waals surface area contributed by atoms with Crippen LogP contribution in [0.25, 0.3) is 5.70 Å². The molecular weight excluding hydrogens is 377 g/mol. The second-order valence-electron chi connectivity index (χ2n) is 6.46. The molecule has 3 N–H and O–H groups in total. The van der Waals surface area contributed by atoms with E-state index in [2.05, 4.69) is 22.8 Å². The number of dihydropyridines is 1. The lowest BCUT2D eigenvalue weighted by molar-refractivity contribution is 0.475. The number of nitrogens with one attached hydrogen (secondary N) is 3. The summed E-state index contributed by atoms with van der Waals surface area (Å²) in [5, 5.41) is 14.8. The Kier molecular flexibility index (Phi) is 6.49. The Labute approximate surface area is 169 Å². The van der Waals surface area contributed by atoms with Gasteiger partial charge < -0.3 is 20.8 Å². The van der Waals surface area contributed by atoms with E-state index >= 15 is 0 Å². The van der Waals surface area contributed by atoms with Crippen molar-refractivity contribution < 1.29 is 9.13 Å². The lowest BCUT2D eigenvalue weighted by atomic mass is 10.1. The number of rotatable bonds is 7. The quantitative estimate of drug-likeness (QED) is 0.540. The van der Waals surface area contributed by atoms with Crippen molar-refractivity contribution in [1.82, 2.24) is 10.6 Å². The van der Waals surface area contributed by atoms with E-state index in [0.717, 1.165) is 29.9 Å². The molecule has 28 heavy (non-hydrogen) atoms. The average Bonchev–Trinajstić information content (AvgIpc) is 2.68. The van der Waals surface area contributed by atoms with Gasteiger partial charge in [-0.05, 0) is 55.8 Å². The molecule has 0 fully saturated rings. The van der Waals surface area contributed by atoms with E-state index in [1.54, 1.807) is 6.92 Å². The molecule has 0 amide bonds. The highest BCUT2D eigenvalue weighted by molar-refractivity contribution is 6.31. The molecular formula is C22H23ClFN3O. The molecule has 0 aromatic heterocycles. The van der Waals surface area contributed by atoms with Crippen LogP contribution < -0.4 is 15.4 Å². The van der Waals surface area contributed by atoms with Gasteiger partial charge in [-0.1, -0.05) is 30.7 Å². The molecule has 0 saturated heterocycles. The van der Waals surface area contributed by atoms with Gasteiger partial charge in [-0.15, -0.1) is 0 Å². The molecule has 146 valence electrons. The fraction of sp³-hybridized carbons (Fsp3) is 0.227. The number of likely N-dealkylation sites (N-methyl/N-ethyl adjacent to an activating group) is 1. The van der Waals surface area contributed by atoms with E-state index < -0.39 is 5.82 Å². The average molecular weight is 400 g/mol. The summed E-state index contributed by atoms with van der Waals surface area (Å²) in [5.41, 5.74) is 3.53. The molecule has 0 unspecified atom stereocenters. The first-order valence-corrected chi connectivity index (χ1v) is 9.55. The van der Waals surface area contributed by atoms with Crippen molar-refractivity contribution in [1.29, 1.82) is 5.41 Å². The second kappa shape index (κ2) is 9.04. The van der Waals surface area contributed by atoms with Crippen LogP contribution in [0.5, 0.6) is 11.5 Å². The molecule has 2 aromatic rings. The Balaban J connectivity index is 1.80. The number of hydrogen-bond acceptors (Lipinski definition) is 4. The Hall–Kier alpha value is -2.63. The van der Waals surface area contributed by atoms with Crippen molar-refractivity contribution in [2.45, 2.75) is 19.8 Å². The van der Waals surface area contributed by atoms with Crippen LogP contribution in [0.4, 0.5) is 4.39 Å². The predicted molar refractivity (Wildman–Crippen MR) is 113 cm³/mol. The van der Waals surface area contributed by atoms with Crippen LogP contribution in [-0.2, 0) is 0 Å². The topological polar surface area (TPSA) is 57.1 Å². The molecule has 0 bridgehead atoms. The molecule has 1 aliphatic heterocycles. The molecule has 4 nitrogen and oxygen atoms in total. The molecule has 3 rings (SSSR count). The Morgan fingerprint density at radius 3 is 2.68 bits per heavy atom. The van der Waals surface area contributed by atoms with Crippen molar-refractivity contribution in [3.63, 3.8) is 0 Å². The van der Waals surface area contributed by atoms with E-state index in [1.807, 2.05) is 31.3 Å². The summed E-state index contributed by atoms with van der Waals surface area (Å²) < 4.78 is 20.2. The largest absolute Gasteiger partial charge is 0.457 e. The molecule has 0 spiro atoms. The van der Waals surface area contributed by atoms with E-state index in [-0.39, 0.29) is 22.0 Å². The van der Waals surface area contributed by atoms with Gasteiger partial charge in [0.2, 0.25) is 0 Å². The SMILES string of the molecule is CCC(=N)c1c(F)cc(Cl)cc1Oc1ccc(C2=CCC=C(CNC)N2)cc1. The molecule has 0 atom stereocenters. The van der Waals surface area contributed by atoms with Gasteiger partial charge in [-0.2, -0.15) is 0 Å². The number of ether oxygens (including phenoxy) is 1. The van der Waals surface area contributed by atoms with Gasteiger partial charge >= 0.3 is 0 Å². The lowest BCUT2D eigenvalue weighted by Gasteiger charge is -2.19. The van der Waals surface area contributed by atoms with Gasteiger partial charge in [0.1, 0.15) is 17.3 Å². The van der Waals surface area contributed by atoms with E-state index in [0.29, 0.717) is 12.2 Å². The molecule has 0 radical (unpaired) electrons. The van der Waals surface area contributed by atoms with Crippen LogP contribution in [0.1, 0.15) is 30.9 Å². The van der Waals surface area contributed by atoms with Crippen LogP contribution >= 0.6 is 11.6 Å². The lowest BCUT2D eigenvalue weighted by Crippen LogP contribution is -2.23. The molecule has 0 aliphatic carbocycles. The number of allylic oxidation sites excluding steroid dienone is 2. The van der Waals surface area contributed by atoms with E-state index in [9.17, 15) is 4.39 Å². The molecule has 6 heteroatoms. The van der Waals surface area contributed by atoms with Crippen LogP contribution in [0.2, 0.25) is 5.02 Å². The number of halogens is 2. The summed E-state index contributed by atoms with van der Waals surface area (Å²) in [6, 6.07) is 10.3. The normalized spacial score (nSPS) is 13.4. The Morgan fingerprint density at radius 1 is 1.25 bits per heavy atom. The second-order valence-corrected chi connectivity index (χ2v) is 6.89. The molecule has 1 aliphatic rings. The van der Waals surface area contributed by atoms with Gasteiger partial charge in [-0.3, -0.25) is 0 Å².